The van der Waals surface area contributed by atoms with Gasteiger partial charge in [-0.05, 0) is 31.7 Å². The summed E-state index contributed by atoms with van der Waals surface area (Å²) in [5, 5.41) is 7.52. The highest BCUT2D eigenvalue weighted by Crippen LogP contribution is 2.39. The fourth-order valence-corrected chi connectivity index (χ4v) is 2.44. The van der Waals surface area contributed by atoms with E-state index in [1.807, 2.05) is 6.92 Å². The van der Waals surface area contributed by atoms with Gasteiger partial charge in [0.1, 0.15) is 0 Å². The molecule has 18 heavy (non-hydrogen) atoms. The van der Waals surface area contributed by atoms with Crippen LogP contribution in [0.3, 0.4) is 0 Å². The molecule has 0 saturated carbocycles. The van der Waals surface area contributed by atoms with E-state index in [1.165, 1.54) is 12.8 Å². The van der Waals surface area contributed by atoms with Gasteiger partial charge in [-0.15, -0.1) is 0 Å². The van der Waals surface area contributed by atoms with E-state index in [2.05, 4.69) is 29.3 Å². The van der Waals surface area contributed by atoms with Crippen LogP contribution in [0.2, 0.25) is 0 Å². The Bertz CT molecular complexity index is 389. The molecule has 1 aromatic heterocycles. The Hall–Kier alpha value is -0.940. The predicted octanol–water partition coefficient (Wildman–Crippen LogP) is 2.10. The molecule has 5 heteroatoms. The topological polar surface area (TPSA) is 60.2 Å². The minimum Gasteiger partial charge on any atom is -0.381 e. The van der Waals surface area contributed by atoms with Gasteiger partial charge < -0.3 is 14.6 Å². The molecular formula is C13H23N3O2. The van der Waals surface area contributed by atoms with Crippen LogP contribution < -0.4 is 5.32 Å². The zero-order valence-electron chi connectivity index (χ0n) is 11.7. The van der Waals surface area contributed by atoms with Crippen LogP contribution in [0.4, 0.5) is 0 Å². The number of ether oxygens (including phenoxy) is 1. The molecule has 2 heterocycles. The van der Waals surface area contributed by atoms with Crippen molar-refractivity contribution in [3.8, 4) is 0 Å². The Morgan fingerprint density at radius 1 is 1.56 bits per heavy atom. The molecule has 0 spiro atoms. The van der Waals surface area contributed by atoms with Gasteiger partial charge in [-0.3, -0.25) is 0 Å². The Morgan fingerprint density at radius 3 is 3.00 bits per heavy atom. The largest absolute Gasteiger partial charge is 0.381 e. The molecule has 1 aromatic rings. The van der Waals surface area contributed by atoms with E-state index in [0.717, 1.165) is 12.4 Å². The van der Waals surface area contributed by atoms with Crippen molar-refractivity contribution >= 4 is 0 Å². The first kappa shape index (κ1) is 13.5. The number of piperidine rings is 1. The third-order valence-electron chi connectivity index (χ3n) is 3.73. The standard InChI is InChI=1S/C13H23N3O2/c1-9(17-4)8-10-15-12(18-16-10)11-13(2,3)6-5-7-14-11/h9,11,14H,5-8H2,1-4H3. The molecule has 0 bridgehead atoms. The lowest BCUT2D eigenvalue weighted by Crippen LogP contribution is -2.39. The van der Waals surface area contributed by atoms with Crippen molar-refractivity contribution < 1.29 is 9.26 Å². The molecule has 0 radical (unpaired) electrons. The van der Waals surface area contributed by atoms with Crippen LogP contribution in [0.25, 0.3) is 0 Å². The van der Waals surface area contributed by atoms with Gasteiger partial charge in [0, 0.05) is 13.5 Å². The maximum Gasteiger partial charge on any atom is 0.244 e. The van der Waals surface area contributed by atoms with Crippen LogP contribution in [0.1, 0.15) is 51.4 Å². The van der Waals surface area contributed by atoms with E-state index in [0.29, 0.717) is 12.3 Å². The van der Waals surface area contributed by atoms with Crippen molar-refractivity contribution in [1.82, 2.24) is 15.5 Å². The minimum atomic E-state index is 0.114. The van der Waals surface area contributed by atoms with Crippen molar-refractivity contribution in [1.29, 1.82) is 0 Å². The van der Waals surface area contributed by atoms with E-state index in [1.54, 1.807) is 7.11 Å². The van der Waals surface area contributed by atoms with Crippen molar-refractivity contribution in [2.24, 2.45) is 5.41 Å². The lowest BCUT2D eigenvalue weighted by atomic mass is 9.77. The molecule has 2 unspecified atom stereocenters. The summed E-state index contributed by atoms with van der Waals surface area (Å²) in [4.78, 5) is 4.50. The Morgan fingerprint density at radius 2 is 2.33 bits per heavy atom. The zero-order chi connectivity index (χ0) is 13.2. The van der Waals surface area contributed by atoms with Crippen LogP contribution in [-0.2, 0) is 11.2 Å². The second-order valence-corrected chi connectivity index (χ2v) is 5.78. The summed E-state index contributed by atoms with van der Waals surface area (Å²) < 4.78 is 10.6. The normalized spacial score (nSPS) is 25.0. The smallest absolute Gasteiger partial charge is 0.244 e. The number of hydrogen-bond acceptors (Lipinski definition) is 5. The number of aromatic nitrogens is 2. The Kier molecular flexibility index (Phi) is 4.02. The SMILES string of the molecule is COC(C)Cc1noc(C2NCCCC2(C)C)n1. The molecule has 2 rings (SSSR count). The van der Waals surface area contributed by atoms with Crippen LogP contribution in [0.5, 0.6) is 0 Å². The summed E-state index contributed by atoms with van der Waals surface area (Å²) >= 11 is 0. The first-order valence-corrected chi connectivity index (χ1v) is 6.61. The maximum atomic E-state index is 5.41. The molecule has 1 aliphatic rings. The molecule has 102 valence electrons. The van der Waals surface area contributed by atoms with Crippen LogP contribution in [0.15, 0.2) is 4.52 Å². The van der Waals surface area contributed by atoms with Gasteiger partial charge in [0.2, 0.25) is 5.89 Å². The monoisotopic (exact) mass is 253 g/mol. The highest BCUT2D eigenvalue weighted by molar-refractivity contribution is 5.01. The number of rotatable bonds is 4. The minimum absolute atomic E-state index is 0.114. The van der Waals surface area contributed by atoms with Gasteiger partial charge in [-0.2, -0.15) is 4.98 Å². The zero-order valence-corrected chi connectivity index (χ0v) is 11.7. The summed E-state index contributed by atoms with van der Waals surface area (Å²) in [5.74, 6) is 1.43. The Labute approximate surface area is 108 Å². The van der Waals surface area contributed by atoms with Crippen molar-refractivity contribution in [2.45, 2.75) is 52.2 Å². The van der Waals surface area contributed by atoms with Gasteiger partial charge in [0.15, 0.2) is 5.82 Å². The number of hydrogen-bond donors (Lipinski definition) is 1. The quantitative estimate of drug-likeness (QED) is 0.890. The number of methoxy groups -OCH3 is 1. The maximum absolute atomic E-state index is 5.41. The molecule has 2 atom stereocenters. The fraction of sp³-hybridized carbons (Fsp3) is 0.846. The summed E-state index contributed by atoms with van der Waals surface area (Å²) in [7, 11) is 1.69. The third kappa shape index (κ3) is 2.90. The lowest BCUT2D eigenvalue weighted by Gasteiger charge is -2.36. The summed E-state index contributed by atoms with van der Waals surface area (Å²) in [6, 6.07) is 0.158. The first-order chi connectivity index (χ1) is 8.53. The molecule has 1 N–H and O–H groups in total. The van der Waals surface area contributed by atoms with Crippen molar-refractivity contribution in [3.63, 3.8) is 0 Å². The Balaban J connectivity index is 2.09. The average Bonchev–Trinajstić information content (AvgIpc) is 2.76. The van der Waals surface area contributed by atoms with Gasteiger partial charge >= 0.3 is 0 Å². The summed E-state index contributed by atoms with van der Waals surface area (Å²) in [6.07, 6.45) is 3.18. The molecule has 1 fully saturated rings. The molecule has 1 aliphatic heterocycles. The van der Waals surface area contributed by atoms with Crippen LogP contribution in [0, 0.1) is 5.41 Å². The summed E-state index contributed by atoms with van der Waals surface area (Å²) in [5.41, 5.74) is 0.162. The second kappa shape index (κ2) is 5.36. The number of nitrogens with zero attached hydrogens (tertiary/aromatic N) is 2. The summed E-state index contributed by atoms with van der Waals surface area (Å²) in [6.45, 7) is 7.50. The second-order valence-electron chi connectivity index (χ2n) is 5.78. The first-order valence-electron chi connectivity index (χ1n) is 6.61. The van der Waals surface area contributed by atoms with Gasteiger partial charge in [0.25, 0.3) is 0 Å². The van der Waals surface area contributed by atoms with Gasteiger partial charge in [-0.1, -0.05) is 19.0 Å². The van der Waals surface area contributed by atoms with Gasteiger partial charge in [0.05, 0.1) is 12.1 Å². The van der Waals surface area contributed by atoms with Crippen LogP contribution >= 0.6 is 0 Å². The van der Waals surface area contributed by atoms with Gasteiger partial charge in [-0.25, -0.2) is 0 Å². The fourth-order valence-electron chi connectivity index (χ4n) is 2.44. The van der Waals surface area contributed by atoms with Crippen molar-refractivity contribution in [3.05, 3.63) is 11.7 Å². The highest BCUT2D eigenvalue weighted by Gasteiger charge is 2.36. The molecule has 0 aromatic carbocycles. The van der Waals surface area contributed by atoms with Crippen molar-refractivity contribution in [2.75, 3.05) is 13.7 Å². The van der Waals surface area contributed by atoms with Crippen LogP contribution in [-0.4, -0.2) is 29.9 Å². The molecule has 1 saturated heterocycles. The molecule has 0 amide bonds. The molecule has 5 nitrogen and oxygen atoms in total. The van der Waals surface area contributed by atoms with E-state index in [-0.39, 0.29) is 17.6 Å². The molecule has 0 aliphatic carbocycles. The number of nitrogens with one attached hydrogen (secondary N) is 1. The predicted molar refractivity (Wildman–Crippen MR) is 68.2 cm³/mol. The van der Waals surface area contributed by atoms with E-state index < -0.39 is 0 Å². The third-order valence-corrected chi connectivity index (χ3v) is 3.73. The van der Waals surface area contributed by atoms with E-state index >= 15 is 0 Å². The van der Waals surface area contributed by atoms with E-state index in [9.17, 15) is 0 Å². The highest BCUT2D eigenvalue weighted by atomic mass is 16.5. The molecular weight excluding hydrogens is 230 g/mol. The average molecular weight is 253 g/mol. The van der Waals surface area contributed by atoms with E-state index in [4.69, 9.17) is 9.26 Å². The lowest BCUT2D eigenvalue weighted by molar-refractivity contribution is 0.116.